The fraction of sp³-hybridized carbons (Fsp3) is 0.846. The molecule has 0 aromatic carbocycles. The molecule has 2 aliphatic rings. The minimum atomic E-state index is -0.692. The maximum Gasteiger partial charge on any atom is 0.326 e. The van der Waals surface area contributed by atoms with Crippen molar-refractivity contribution in [2.75, 3.05) is 12.4 Å². The summed E-state index contributed by atoms with van der Waals surface area (Å²) in [4.78, 5) is 12.3. The quantitative estimate of drug-likeness (QED) is 0.570. The zero-order chi connectivity index (χ0) is 14.9. The molecule has 2 fully saturated rings. The Bertz CT molecular complexity index is 514. The van der Waals surface area contributed by atoms with Crippen LogP contribution in [0.5, 0.6) is 0 Å². The second kappa shape index (κ2) is 5.92. The summed E-state index contributed by atoms with van der Waals surface area (Å²) < 4.78 is 7.09. The first-order chi connectivity index (χ1) is 10.1. The van der Waals surface area contributed by atoms with Gasteiger partial charge in [0.15, 0.2) is 0 Å². The van der Waals surface area contributed by atoms with Gasteiger partial charge in [-0.3, -0.25) is 10.1 Å². The molecule has 8 heteroatoms. The number of aromatic nitrogens is 4. The second-order valence-corrected chi connectivity index (χ2v) is 6.84. The molecule has 0 bridgehead atoms. The Labute approximate surface area is 128 Å². The van der Waals surface area contributed by atoms with Crippen molar-refractivity contribution in [2.45, 2.75) is 62.3 Å². The van der Waals surface area contributed by atoms with Gasteiger partial charge in [-0.25, -0.2) is 4.68 Å². The van der Waals surface area contributed by atoms with Gasteiger partial charge >= 0.3 is 5.97 Å². The van der Waals surface area contributed by atoms with Gasteiger partial charge in [0.2, 0.25) is 5.16 Å². The maximum absolute atomic E-state index is 12.3. The second-order valence-electron chi connectivity index (χ2n) is 5.90. The molecular weight excluding hydrogens is 290 g/mol. The Morgan fingerprint density at radius 3 is 2.86 bits per heavy atom. The van der Waals surface area contributed by atoms with E-state index in [1.807, 2.05) is 18.5 Å². The first-order valence-electron chi connectivity index (χ1n) is 7.48. The lowest BCUT2D eigenvalue weighted by Crippen LogP contribution is -2.53. The van der Waals surface area contributed by atoms with Gasteiger partial charge in [-0.15, -0.1) is 5.10 Å². The SMILES string of the molecule is CCOC(=O)C(C)(CSc1nnnn1C1CC1)NC1CC1. The van der Waals surface area contributed by atoms with Crippen LogP contribution in [0.25, 0.3) is 0 Å². The number of esters is 1. The Morgan fingerprint density at radius 1 is 1.48 bits per heavy atom. The van der Waals surface area contributed by atoms with Crippen molar-refractivity contribution in [2.24, 2.45) is 0 Å². The van der Waals surface area contributed by atoms with E-state index < -0.39 is 5.54 Å². The number of hydrogen-bond acceptors (Lipinski definition) is 7. The van der Waals surface area contributed by atoms with Crippen LogP contribution in [-0.4, -0.2) is 50.1 Å². The van der Waals surface area contributed by atoms with Gasteiger partial charge in [0.25, 0.3) is 0 Å². The standard InChI is InChI=1S/C13H21N5O2S/c1-3-20-11(19)13(2,14-9-4-5-9)8-21-12-15-16-17-18(12)10-6-7-10/h9-10,14H,3-8H2,1-2H3. The van der Waals surface area contributed by atoms with E-state index in [0.717, 1.165) is 30.8 Å². The molecule has 0 aliphatic heterocycles. The number of hydrogen-bond donors (Lipinski definition) is 1. The zero-order valence-corrected chi connectivity index (χ0v) is 13.2. The number of tetrazole rings is 1. The van der Waals surface area contributed by atoms with Crippen molar-refractivity contribution in [3.63, 3.8) is 0 Å². The Hall–Kier alpha value is -1.15. The summed E-state index contributed by atoms with van der Waals surface area (Å²) in [6.45, 7) is 4.13. The van der Waals surface area contributed by atoms with Crippen LogP contribution in [0, 0.1) is 0 Å². The van der Waals surface area contributed by atoms with E-state index in [2.05, 4.69) is 20.8 Å². The van der Waals surface area contributed by atoms with Crippen molar-refractivity contribution in [1.29, 1.82) is 0 Å². The van der Waals surface area contributed by atoms with Gasteiger partial charge in [0.05, 0.1) is 12.6 Å². The highest BCUT2D eigenvalue weighted by atomic mass is 32.2. The number of nitrogens with one attached hydrogen (secondary N) is 1. The molecule has 1 unspecified atom stereocenters. The molecule has 2 saturated carbocycles. The highest BCUT2D eigenvalue weighted by molar-refractivity contribution is 7.99. The third-order valence-electron chi connectivity index (χ3n) is 3.67. The average molecular weight is 311 g/mol. The third-order valence-corrected chi connectivity index (χ3v) is 4.92. The molecule has 2 aliphatic carbocycles. The van der Waals surface area contributed by atoms with Crippen molar-refractivity contribution in [3.8, 4) is 0 Å². The Balaban J connectivity index is 1.65. The van der Waals surface area contributed by atoms with Crippen LogP contribution >= 0.6 is 11.8 Å². The van der Waals surface area contributed by atoms with E-state index in [9.17, 15) is 4.79 Å². The molecule has 7 nitrogen and oxygen atoms in total. The summed E-state index contributed by atoms with van der Waals surface area (Å²) in [6, 6.07) is 0.868. The topological polar surface area (TPSA) is 81.9 Å². The molecule has 0 saturated heterocycles. The fourth-order valence-electron chi connectivity index (χ4n) is 2.17. The summed E-state index contributed by atoms with van der Waals surface area (Å²) >= 11 is 1.52. The maximum atomic E-state index is 12.3. The number of carbonyl (C=O) groups excluding carboxylic acids is 1. The molecule has 0 amide bonds. The minimum Gasteiger partial charge on any atom is -0.465 e. The van der Waals surface area contributed by atoms with Crippen molar-refractivity contribution >= 4 is 17.7 Å². The molecule has 1 aromatic rings. The van der Waals surface area contributed by atoms with E-state index in [-0.39, 0.29) is 5.97 Å². The van der Waals surface area contributed by atoms with Gasteiger partial charge in [0, 0.05) is 11.8 Å². The largest absolute Gasteiger partial charge is 0.465 e. The van der Waals surface area contributed by atoms with Crippen LogP contribution in [0.3, 0.4) is 0 Å². The summed E-state index contributed by atoms with van der Waals surface area (Å²) in [7, 11) is 0. The monoisotopic (exact) mass is 311 g/mol. The Morgan fingerprint density at radius 2 is 2.24 bits per heavy atom. The smallest absolute Gasteiger partial charge is 0.326 e. The molecule has 1 aromatic heterocycles. The minimum absolute atomic E-state index is 0.199. The number of thioether (sulfide) groups is 1. The summed E-state index contributed by atoms with van der Waals surface area (Å²) in [5.41, 5.74) is -0.692. The van der Waals surface area contributed by atoms with Crippen LogP contribution in [0.2, 0.25) is 0 Å². The molecule has 1 atom stereocenters. The van der Waals surface area contributed by atoms with Crippen LogP contribution in [0.15, 0.2) is 5.16 Å². The molecular formula is C13H21N5O2S. The van der Waals surface area contributed by atoms with Crippen molar-refractivity contribution in [1.82, 2.24) is 25.5 Å². The number of ether oxygens (including phenoxy) is 1. The number of nitrogens with zero attached hydrogens (tertiary/aromatic N) is 4. The van der Waals surface area contributed by atoms with Crippen molar-refractivity contribution in [3.05, 3.63) is 0 Å². The normalized spacial score (nSPS) is 21.0. The lowest BCUT2D eigenvalue weighted by Gasteiger charge is -2.28. The van der Waals surface area contributed by atoms with Gasteiger partial charge in [-0.2, -0.15) is 0 Å². The lowest BCUT2D eigenvalue weighted by molar-refractivity contribution is -0.149. The summed E-state index contributed by atoms with van der Waals surface area (Å²) in [6.07, 6.45) is 4.51. The van der Waals surface area contributed by atoms with Crippen LogP contribution < -0.4 is 5.32 Å². The summed E-state index contributed by atoms with van der Waals surface area (Å²) in [5, 5.41) is 16.0. The van der Waals surface area contributed by atoms with Crippen molar-refractivity contribution < 1.29 is 9.53 Å². The molecule has 3 rings (SSSR count). The third kappa shape index (κ3) is 3.55. The van der Waals surface area contributed by atoms with Gasteiger partial charge in [-0.1, -0.05) is 11.8 Å². The lowest BCUT2D eigenvalue weighted by atomic mass is 10.1. The predicted molar refractivity (Wildman–Crippen MR) is 78.0 cm³/mol. The molecule has 116 valence electrons. The molecule has 0 spiro atoms. The van der Waals surface area contributed by atoms with E-state index in [1.54, 1.807) is 0 Å². The molecule has 1 heterocycles. The first kappa shape index (κ1) is 14.8. The molecule has 0 radical (unpaired) electrons. The first-order valence-corrected chi connectivity index (χ1v) is 8.46. The fourth-order valence-corrected chi connectivity index (χ4v) is 3.20. The van der Waals surface area contributed by atoms with Gasteiger partial charge in [-0.05, 0) is 50.0 Å². The Kier molecular flexibility index (Phi) is 4.17. The predicted octanol–water partition coefficient (Wildman–Crippen LogP) is 1.17. The number of carbonyl (C=O) groups is 1. The van der Waals surface area contributed by atoms with Crippen LogP contribution in [0.4, 0.5) is 0 Å². The van der Waals surface area contributed by atoms with E-state index in [4.69, 9.17) is 4.74 Å². The van der Waals surface area contributed by atoms with Crippen LogP contribution in [0.1, 0.15) is 45.6 Å². The van der Waals surface area contributed by atoms with Crippen LogP contribution in [-0.2, 0) is 9.53 Å². The highest BCUT2D eigenvalue weighted by Gasteiger charge is 2.40. The highest BCUT2D eigenvalue weighted by Crippen LogP contribution is 2.37. The van der Waals surface area contributed by atoms with E-state index in [0.29, 0.717) is 24.4 Å². The van der Waals surface area contributed by atoms with Gasteiger partial charge < -0.3 is 4.74 Å². The van der Waals surface area contributed by atoms with E-state index in [1.165, 1.54) is 11.8 Å². The molecule has 21 heavy (non-hydrogen) atoms. The zero-order valence-electron chi connectivity index (χ0n) is 12.4. The number of rotatable bonds is 8. The van der Waals surface area contributed by atoms with Gasteiger partial charge in [0.1, 0.15) is 5.54 Å². The average Bonchev–Trinajstić information content (AvgIpc) is 3.39. The summed E-state index contributed by atoms with van der Waals surface area (Å²) in [5.74, 6) is 0.366. The van der Waals surface area contributed by atoms with E-state index >= 15 is 0 Å². The molecule has 1 N–H and O–H groups in total.